The molecule has 0 aromatic carbocycles. The smallest absolute Gasteiger partial charge is 0.382 e. The van der Waals surface area contributed by atoms with Crippen LogP contribution in [0.5, 0.6) is 0 Å². The lowest BCUT2D eigenvalue weighted by atomic mass is 10.1. The number of nitrogens with zero attached hydrogens (tertiary/aromatic N) is 2. The minimum Gasteiger partial charge on any atom is -0.382 e. The van der Waals surface area contributed by atoms with Crippen molar-refractivity contribution in [3.05, 3.63) is 24.0 Å². The Labute approximate surface area is 120 Å². The minimum absolute atomic E-state index is 0.0495. The van der Waals surface area contributed by atoms with Gasteiger partial charge in [-0.25, -0.2) is 5.14 Å². The summed E-state index contributed by atoms with van der Waals surface area (Å²) in [7, 11) is -3.74. The van der Waals surface area contributed by atoms with Crippen LogP contribution < -0.4 is 10.5 Å². The van der Waals surface area contributed by atoms with Crippen LogP contribution in [-0.2, 0) is 16.4 Å². The molecule has 0 unspecified atom stereocenters. The summed E-state index contributed by atoms with van der Waals surface area (Å²) in [5.74, 6) is 0. The van der Waals surface area contributed by atoms with Crippen LogP contribution in [0.3, 0.4) is 0 Å². The Bertz CT molecular complexity index is 598. The highest BCUT2D eigenvalue weighted by atomic mass is 32.2. The average Bonchev–Trinajstić information content (AvgIpc) is 2.37. The average molecular weight is 324 g/mol. The maximum Gasteiger partial charge on any atom is 0.419 e. The molecular formula is C11H15F3N4O2S. The number of halogens is 3. The summed E-state index contributed by atoms with van der Waals surface area (Å²) in [4.78, 5) is 3.49. The first-order valence-electron chi connectivity index (χ1n) is 6.23. The summed E-state index contributed by atoms with van der Waals surface area (Å²) >= 11 is 0. The van der Waals surface area contributed by atoms with Gasteiger partial charge in [0.2, 0.25) is 0 Å². The van der Waals surface area contributed by atoms with Crippen molar-refractivity contribution >= 4 is 15.9 Å². The predicted molar refractivity (Wildman–Crippen MR) is 70.6 cm³/mol. The van der Waals surface area contributed by atoms with Gasteiger partial charge in [-0.1, -0.05) is 0 Å². The fourth-order valence-corrected chi connectivity index (χ4v) is 2.94. The van der Waals surface area contributed by atoms with Gasteiger partial charge in [0.25, 0.3) is 10.2 Å². The van der Waals surface area contributed by atoms with Gasteiger partial charge in [-0.2, -0.15) is 25.9 Å². The van der Waals surface area contributed by atoms with Crippen molar-refractivity contribution in [2.45, 2.75) is 25.1 Å². The van der Waals surface area contributed by atoms with Crippen molar-refractivity contribution in [2.75, 3.05) is 18.4 Å². The molecule has 0 bridgehead atoms. The molecule has 10 heteroatoms. The summed E-state index contributed by atoms with van der Waals surface area (Å²) in [5, 5.41) is 7.82. The Balaban J connectivity index is 2.05. The van der Waals surface area contributed by atoms with E-state index in [0.717, 1.165) is 10.5 Å². The molecule has 2 heterocycles. The number of rotatable bonds is 3. The number of hydrogen-bond acceptors (Lipinski definition) is 4. The van der Waals surface area contributed by atoms with Gasteiger partial charge in [0.1, 0.15) is 0 Å². The molecule has 1 aliphatic heterocycles. The molecule has 6 nitrogen and oxygen atoms in total. The Morgan fingerprint density at radius 1 is 1.33 bits per heavy atom. The normalized spacial score (nSPS) is 18.7. The van der Waals surface area contributed by atoms with E-state index in [4.69, 9.17) is 5.14 Å². The number of anilines is 1. The zero-order valence-electron chi connectivity index (χ0n) is 11.0. The quantitative estimate of drug-likeness (QED) is 0.874. The highest BCUT2D eigenvalue weighted by Crippen LogP contribution is 2.34. The van der Waals surface area contributed by atoms with Gasteiger partial charge in [-0.3, -0.25) is 4.98 Å². The lowest BCUT2D eigenvalue weighted by Crippen LogP contribution is -2.45. The largest absolute Gasteiger partial charge is 0.419 e. The van der Waals surface area contributed by atoms with Crippen molar-refractivity contribution in [1.82, 2.24) is 9.29 Å². The highest BCUT2D eigenvalue weighted by Gasteiger charge is 2.34. The molecule has 0 amide bonds. The van der Waals surface area contributed by atoms with Crippen LogP contribution in [0.25, 0.3) is 0 Å². The van der Waals surface area contributed by atoms with Gasteiger partial charge in [0.15, 0.2) is 0 Å². The third kappa shape index (κ3) is 4.05. The van der Waals surface area contributed by atoms with Crippen LogP contribution in [-0.4, -0.2) is 36.8 Å². The van der Waals surface area contributed by atoms with Crippen molar-refractivity contribution in [3.8, 4) is 0 Å². The molecule has 0 atom stereocenters. The van der Waals surface area contributed by atoms with Crippen molar-refractivity contribution in [3.63, 3.8) is 0 Å². The Morgan fingerprint density at radius 3 is 2.48 bits per heavy atom. The second kappa shape index (κ2) is 5.78. The fourth-order valence-electron chi connectivity index (χ4n) is 2.22. The van der Waals surface area contributed by atoms with Crippen LogP contribution in [0.2, 0.25) is 0 Å². The van der Waals surface area contributed by atoms with Crippen LogP contribution in [0, 0.1) is 0 Å². The van der Waals surface area contributed by atoms with Crippen molar-refractivity contribution in [1.29, 1.82) is 0 Å². The zero-order chi connectivity index (χ0) is 15.7. The maximum absolute atomic E-state index is 12.8. The van der Waals surface area contributed by atoms with Gasteiger partial charge in [-0.05, 0) is 18.9 Å². The highest BCUT2D eigenvalue weighted by molar-refractivity contribution is 7.86. The monoisotopic (exact) mass is 324 g/mol. The molecule has 3 N–H and O–H groups in total. The second-order valence-corrected chi connectivity index (χ2v) is 6.33. The number of aromatic nitrogens is 1. The fraction of sp³-hybridized carbons (Fsp3) is 0.545. The molecule has 0 spiro atoms. The van der Waals surface area contributed by atoms with E-state index in [0.29, 0.717) is 12.8 Å². The maximum atomic E-state index is 12.8. The van der Waals surface area contributed by atoms with Crippen LogP contribution in [0.1, 0.15) is 18.4 Å². The summed E-state index contributed by atoms with van der Waals surface area (Å²) in [5.41, 5.74) is -0.884. The number of hydrogen-bond donors (Lipinski definition) is 2. The lowest BCUT2D eigenvalue weighted by Gasteiger charge is -2.31. The molecule has 2 rings (SSSR count). The topological polar surface area (TPSA) is 88.3 Å². The van der Waals surface area contributed by atoms with Gasteiger partial charge in [0, 0.05) is 37.2 Å². The van der Waals surface area contributed by atoms with E-state index in [2.05, 4.69) is 10.3 Å². The van der Waals surface area contributed by atoms with Crippen molar-refractivity contribution in [2.24, 2.45) is 5.14 Å². The number of pyridine rings is 1. The molecule has 1 saturated heterocycles. The van der Waals surface area contributed by atoms with Crippen LogP contribution in [0.15, 0.2) is 18.5 Å². The molecule has 118 valence electrons. The lowest BCUT2D eigenvalue weighted by molar-refractivity contribution is -0.137. The molecule has 0 saturated carbocycles. The third-order valence-corrected chi connectivity index (χ3v) is 4.38. The van der Waals surface area contributed by atoms with E-state index in [9.17, 15) is 21.6 Å². The first kappa shape index (κ1) is 16.0. The van der Waals surface area contributed by atoms with Gasteiger partial charge in [-0.15, -0.1) is 0 Å². The van der Waals surface area contributed by atoms with Crippen LogP contribution >= 0.6 is 0 Å². The van der Waals surface area contributed by atoms with Gasteiger partial charge >= 0.3 is 6.18 Å². The SMILES string of the molecule is NS(=O)(=O)N1CCC(Nc2ccncc2C(F)(F)F)CC1. The zero-order valence-corrected chi connectivity index (χ0v) is 11.8. The summed E-state index contributed by atoms with van der Waals surface area (Å²) < 4.78 is 62.0. The van der Waals surface area contributed by atoms with Gasteiger partial charge < -0.3 is 5.32 Å². The molecule has 1 aromatic rings. The second-order valence-electron chi connectivity index (χ2n) is 4.78. The number of nitrogens with two attached hydrogens (primary N) is 1. The molecule has 1 aromatic heterocycles. The number of alkyl halides is 3. The van der Waals surface area contributed by atoms with Crippen LogP contribution in [0.4, 0.5) is 18.9 Å². The van der Waals surface area contributed by atoms with E-state index in [1.54, 1.807) is 0 Å². The van der Waals surface area contributed by atoms with E-state index in [1.165, 1.54) is 12.3 Å². The molecule has 1 aliphatic rings. The third-order valence-electron chi connectivity index (χ3n) is 3.30. The Kier molecular flexibility index (Phi) is 4.40. The molecule has 21 heavy (non-hydrogen) atoms. The number of nitrogens with one attached hydrogen (secondary N) is 1. The molecular weight excluding hydrogens is 309 g/mol. The van der Waals surface area contributed by atoms with E-state index >= 15 is 0 Å². The standard InChI is InChI=1S/C11H15F3N4O2S/c12-11(13,14)9-7-16-4-1-10(9)17-8-2-5-18(6-3-8)21(15,19)20/h1,4,7-8H,2-3,5-6H2,(H,16,17)(H2,15,19,20). The Hall–Kier alpha value is -1.39. The van der Waals surface area contributed by atoms with Crippen molar-refractivity contribution < 1.29 is 21.6 Å². The van der Waals surface area contributed by atoms with E-state index in [-0.39, 0.29) is 24.8 Å². The van der Waals surface area contributed by atoms with E-state index in [1.807, 2.05) is 0 Å². The first-order valence-corrected chi connectivity index (χ1v) is 7.74. The summed E-state index contributed by atoms with van der Waals surface area (Å²) in [6.07, 6.45) is -1.68. The summed E-state index contributed by atoms with van der Waals surface area (Å²) in [6, 6.07) is 1.01. The predicted octanol–water partition coefficient (Wildman–Crippen LogP) is 1.18. The molecule has 0 radical (unpaired) electrons. The number of piperidine rings is 1. The molecule has 1 fully saturated rings. The Morgan fingerprint density at radius 2 is 1.95 bits per heavy atom. The van der Waals surface area contributed by atoms with E-state index < -0.39 is 21.9 Å². The minimum atomic E-state index is -4.49. The van der Waals surface area contributed by atoms with Gasteiger partial charge in [0.05, 0.1) is 5.56 Å². The summed E-state index contributed by atoms with van der Waals surface area (Å²) in [6.45, 7) is 0.367. The molecule has 0 aliphatic carbocycles. The first-order chi connectivity index (χ1) is 9.68.